The summed E-state index contributed by atoms with van der Waals surface area (Å²) in [6, 6.07) is 4.87. The van der Waals surface area contributed by atoms with E-state index in [0.29, 0.717) is 12.8 Å². The van der Waals surface area contributed by atoms with Gasteiger partial charge in [0.25, 0.3) is 0 Å². The number of aliphatic carboxylic acids is 1. The Kier molecular flexibility index (Phi) is 3.78. The van der Waals surface area contributed by atoms with Crippen molar-refractivity contribution >= 4 is 11.9 Å². The molecule has 1 atom stereocenters. The van der Waals surface area contributed by atoms with E-state index in [0.717, 1.165) is 5.56 Å². The second-order valence-corrected chi connectivity index (χ2v) is 6.70. The molecule has 1 saturated carbocycles. The van der Waals surface area contributed by atoms with Gasteiger partial charge in [0, 0.05) is 0 Å². The van der Waals surface area contributed by atoms with E-state index in [1.807, 2.05) is 0 Å². The van der Waals surface area contributed by atoms with Crippen LogP contribution in [0.1, 0.15) is 39.2 Å². The molecule has 1 aromatic carbocycles. The van der Waals surface area contributed by atoms with Crippen LogP contribution in [0.3, 0.4) is 0 Å². The molecule has 5 heteroatoms. The molecule has 21 heavy (non-hydrogen) atoms. The summed E-state index contributed by atoms with van der Waals surface area (Å²) in [4.78, 5) is 23.9. The molecule has 1 aliphatic carbocycles. The van der Waals surface area contributed by atoms with Crippen LogP contribution in [-0.2, 0) is 15.0 Å². The van der Waals surface area contributed by atoms with Crippen LogP contribution in [0.25, 0.3) is 0 Å². The third-order valence-electron chi connectivity index (χ3n) is 3.97. The molecule has 2 N–H and O–H groups in total. The van der Waals surface area contributed by atoms with E-state index >= 15 is 0 Å². The van der Waals surface area contributed by atoms with Crippen molar-refractivity contribution in [3.8, 4) is 0 Å². The van der Waals surface area contributed by atoms with Gasteiger partial charge in [0.2, 0.25) is 5.91 Å². The van der Waals surface area contributed by atoms with Crippen molar-refractivity contribution < 1.29 is 19.1 Å². The monoisotopic (exact) mass is 293 g/mol. The molecule has 0 spiro atoms. The molecular formula is C16H20FNO3. The normalized spacial score (nSPS) is 17.9. The molecule has 2 rings (SSSR count). The van der Waals surface area contributed by atoms with Gasteiger partial charge < -0.3 is 10.4 Å². The van der Waals surface area contributed by atoms with Crippen molar-refractivity contribution in [2.24, 2.45) is 5.41 Å². The Morgan fingerprint density at radius 1 is 1.24 bits per heavy atom. The number of carboxylic acid groups (broad SMARTS) is 1. The standard InChI is InChI=1S/C16H20FNO3/c1-15(2,3)12(13(19)20)18-14(21)16(8-9-16)10-4-6-11(17)7-5-10/h4-7,12H,8-9H2,1-3H3,(H,18,21)(H,19,20)/t12-/m1/s1. The summed E-state index contributed by atoms with van der Waals surface area (Å²) in [5, 5.41) is 11.9. The van der Waals surface area contributed by atoms with Crippen molar-refractivity contribution in [2.75, 3.05) is 0 Å². The zero-order valence-electron chi connectivity index (χ0n) is 12.4. The lowest BCUT2D eigenvalue weighted by molar-refractivity contribution is -0.145. The largest absolute Gasteiger partial charge is 0.480 e. The summed E-state index contributed by atoms with van der Waals surface area (Å²) >= 11 is 0. The number of carbonyl (C=O) groups excluding carboxylic acids is 1. The molecule has 0 radical (unpaired) electrons. The highest BCUT2D eigenvalue weighted by molar-refractivity contribution is 5.94. The Balaban J connectivity index is 2.20. The van der Waals surface area contributed by atoms with Gasteiger partial charge in [-0.15, -0.1) is 0 Å². The SMILES string of the molecule is CC(C)(C)[C@H](NC(=O)C1(c2ccc(F)cc2)CC1)C(=O)O. The van der Waals surface area contributed by atoms with Gasteiger partial charge in [-0.25, -0.2) is 9.18 Å². The van der Waals surface area contributed by atoms with Gasteiger partial charge in [-0.05, 0) is 36.0 Å². The fraction of sp³-hybridized carbons (Fsp3) is 0.500. The predicted octanol–water partition coefficient (Wildman–Crippen LogP) is 2.47. The van der Waals surface area contributed by atoms with E-state index < -0.39 is 22.8 Å². The zero-order chi connectivity index (χ0) is 15.8. The first-order valence-electron chi connectivity index (χ1n) is 6.97. The van der Waals surface area contributed by atoms with Crippen molar-refractivity contribution in [1.82, 2.24) is 5.32 Å². The fourth-order valence-electron chi connectivity index (χ4n) is 2.46. The van der Waals surface area contributed by atoms with Gasteiger partial charge in [-0.2, -0.15) is 0 Å². The number of carboxylic acids is 1. The van der Waals surface area contributed by atoms with Crippen LogP contribution in [0.2, 0.25) is 0 Å². The van der Waals surface area contributed by atoms with Crippen LogP contribution in [-0.4, -0.2) is 23.0 Å². The molecule has 0 heterocycles. The van der Waals surface area contributed by atoms with Gasteiger partial charge in [0.1, 0.15) is 11.9 Å². The van der Waals surface area contributed by atoms with Gasteiger partial charge in [-0.3, -0.25) is 4.79 Å². The van der Waals surface area contributed by atoms with E-state index in [1.54, 1.807) is 32.9 Å². The maximum Gasteiger partial charge on any atom is 0.326 e. The molecule has 0 unspecified atom stereocenters. The van der Waals surface area contributed by atoms with Crippen LogP contribution in [0.15, 0.2) is 24.3 Å². The second-order valence-electron chi connectivity index (χ2n) is 6.70. The van der Waals surface area contributed by atoms with E-state index in [9.17, 15) is 19.1 Å². The van der Waals surface area contributed by atoms with E-state index in [4.69, 9.17) is 0 Å². The van der Waals surface area contributed by atoms with Crippen LogP contribution < -0.4 is 5.32 Å². The lowest BCUT2D eigenvalue weighted by atomic mass is 9.85. The minimum Gasteiger partial charge on any atom is -0.480 e. The molecule has 0 saturated heterocycles. The first-order valence-corrected chi connectivity index (χ1v) is 6.97. The molecule has 1 amide bonds. The number of hydrogen-bond acceptors (Lipinski definition) is 2. The number of benzene rings is 1. The summed E-state index contributed by atoms with van der Waals surface area (Å²) in [5.74, 6) is -1.70. The third kappa shape index (κ3) is 3.06. The maximum atomic E-state index is 13.0. The number of rotatable bonds is 4. The summed E-state index contributed by atoms with van der Waals surface area (Å²) in [6.07, 6.45) is 1.31. The molecule has 0 aliphatic heterocycles. The van der Waals surface area contributed by atoms with Crippen LogP contribution >= 0.6 is 0 Å². The number of amides is 1. The number of hydrogen-bond donors (Lipinski definition) is 2. The average Bonchev–Trinajstić information content (AvgIpc) is 3.16. The molecule has 114 valence electrons. The van der Waals surface area contributed by atoms with Crippen molar-refractivity contribution in [2.45, 2.75) is 45.1 Å². The average molecular weight is 293 g/mol. The topological polar surface area (TPSA) is 66.4 Å². The Labute approximate surface area is 123 Å². The highest BCUT2D eigenvalue weighted by atomic mass is 19.1. The molecule has 0 aromatic heterocycles. The lowest BCUT2D eigenvalue weighted by Gasteiger charge is -2.29. The van der Waals surface area contributed by atoms with Gasteiger partial charge in [0.15, 0.2) is 0 Å². The molecule has 1 aliphatic rings. The quantitative estimate of drug-likeness (QED) is 0.896. The maximum absolute atomic E-state index is 13.0. The summed E-state index contributed by atoms with van der Waals surface area (Å²) in [6.45, 7) is 5.30. The molecule has 1 fully saturated rings. The fourth-order valence-corrected chi connectivity index (χ4v) is 2.46. The Bertz CT molecular complexity index is 556. The van der Waals surface area contributed by atoms with Crippen molar-refractivity contribution in [1.29, 1.82) is 0 Å². The predicted molar refractivity (Wildman–Crippen MR) is 76.3 cm³/mol. The number of nitrogens with one attached hydrogen (secondary N) is 1. The number of carbonyl (C=O) groups is 2. The van der Waals surface area contributed by atoms with E-state index in [1.165, 1.54) is 12.1 Å². The van der Waals surface area contributed by atoms with Gasteiger partial charge in [0.05, 0.1) is 5.41 Å². The minimum absolute atomic E-state index is 0.295. The molecule has 1 aromatic rings. The summed E-state index contributed by atoms with van der Waals surface area (Å²) in [7, 11) is 0. The highest BCUT2D eigenvalue weighted by Gasteiger charge is 2.52. The van der Waals surface area contributed by atoms with Crippen molar-refractivity contribution in [3.63, 3.8) is 0 Å². The van der Waals surface area contributed by atoms with E-state index in [2.05, 4.69) is 5.32 Å². The third-order valence-corrected chi connectivity index (χ3v) is 3.97. The zero-order valence-corrected chi connectivity index (χ0v) is 12.4. The molecule has 4 nitrogen and oxygen atoms in total. The Morgan fingerprint density at radius 3 is 2.14 bits per heavy atom. The second kappa shape index (κ2) is 5.13. The Morgan fingerprint density at radius 2 is 1.76 bits per heavy atom. The lowest BCUT2D eigenvalue weighted by Crippen LogP contribution is -2.52. The van der Waals surface area contributed by atoms with Crippen LogP contribution in [0.4, 0.5) is 4.39 Å². The van der Waals surface area contributed by atoms with Crippen LogP contribution in [0.5, 0.6) is 0 Å². The first-order chi connectivity index (χ1) is 9.67. The van der Waals surface area contributed by atoms with Crippen molar-refractivity contribution in [3.05, 3.63) is 35.6 Å². The first kappa shape index (κ1) is 15.5. The molecular weight excluding hydrogens is 273 g/mol. The highest BCUT2D eigenvalue weighted by Crippen LogP contribution is 2.48. The molecule has 0 bridgehead atoms. The van der Waals surface area contributed by atoms with Crippen LogP contribution in [0, 0.1) is 11.2 Å². The smallest absolute Gasteiger partial charge is 0.326 e. The Hall–Kier alpha value is -1.91. The van der Waals surface area contributed by atoms with E-state index in [-0.39, 0.29) is 11.7 Å². The van der Waals surface area contributed by atoms with Gasteiger partial charge >= 0.3 is 5.97 Å². The minimum atomic E-state index is -1.05. The summed E-state index contributed by atoms with van der Waals surface area (Å²) in [5.41, 5.74) is -0.549. The van der Waals surface area contributed by atoms with Gasteiger partial charge in [-0.1, -0.05) is 32.9 Å². The number of halogens is 1. The summed E-state index contributed by atoms with van der Waals surface area (Å²) < 4.78 is 13.0.